The zero-order valence-electron chi connectivity index (χ0n) is 15.9. The van der Waals surface area contributed by atoms with Crippen molar-refractivity contribution in [1.82, 2.24) is 24.5 Å². The third-order valence-electron chi connectivity index (χ3n) is 5.74. The molecule has 3 aromatic rings. The molecule has 3 aromatic heterocycles. The molecular formula is C20H23N7O. The molecule has 144 valence electrons. The van der Waals surface area contributed by atoms with Crippen molar-refractivity contribution in [3.8, 4) is 0 Å². The molecule has 28 heavy (non-hydrogen) atoms. The maximum absolute atomic E-state index is 12.7. The molecular weight excluding hydrogens is 354 g/mol. The summed E-state index contributed by atoms with van der Waals surface area (Å²) in [7, 11) is 1.79. The summed E-state index contributed by atoms with van der Waals surface area (Å²) >= 11 is 0. The zero-order valence-corrected chi connectivity index (χ0v) is 15.9. The smallest absolute Gasteiger partial charge is 0.264 e. The highest BCUT2D eigenvalue weighted by Crippen LogP contribution is 2.35. The van der Waals surface area contributed by atoms with Crippen molar-refractivity contribution in [3.05, 3.63) is 47.3 Å². The number of nitrogens with zero attached hydrogens (tertiary/aromatic N) is 7. The SMILES string of the molecule is Cn1c(N2CCC(N(c3ccncn3)C3CC3)CC2)nc2ncccc2c1=O. The fourth-order valence-corrected chi connectivity index (χ4v) is 4.18. The van der Waals surface area contributed by atoms with Crippen LogP contribution in [0.2, 0.25) is 0 Å². The van der Waals surface area contributed by atoms with Crippen LogP contribution in [0.4, 0.5) is 11.8 Å². The second kappa shape index (κ2) is 6.85. The first kappa shape index (κ1) is 17.1. The quantitative estimate of drug-likeness (QED) is 0.685. The summed E-state index contributed by atoms with van der Waals surface area (Å²) in [6.07, 6.45) is 9.61. The summed E-state index contributed by atoms with van der Waals surface area (Å²) in [5.41, 5.74) is 0.471. The third-order valence-corrected chi connectivity index (χ3v) is 5.74. The van der Waals surface area contributed by atoms with E-state index in [-0.39, 0.29) is 5.56 Å². The highest BCUT2D eigenvalue weighted by atomic mass is 16.1. The van der Waals surface area contributed by atoms with Gasteiger partial charge in [-0.3, -0.25) is 9.36 Å². The fourth-order valence-electron chi connectivity index (χ4n) is 4.18. The second-order valence-electron chi connectivity index (χ2n) is 7.57. The van der Waals surface area contributed by atoms with E-state index in [9.17, 15) is 4.79 Å². The predicted molar refractivity (Wildman–Crippen MR) is 108 cm³/mol. The van der Waals surface area contributed by atoms with Gasteiger partial charge in [-0.2, -0.15) is 4.98 Å². The molecule has 1 saturated heterocycles. The van der Waals surface area contributed by atoms with E-state index in [0.717, 1.165) is 31.7 Å². The Kier molecular flexibility index (Phi) is 4.18. The van der Waals surface area contributed by atoms with E-state index in [2.05, 4.69) is 29.7 Å². The van der Waals surface area contributed by atoms with Crippen molar-refractivity contribution < 1.29 is 0 Å². The maximum atomic E-state index is 12.7. The zero-order chi connectivity index (χ0) is 19.1. The first-order chi connectivity index (χ1) is 13.7. The van der Waals surface area contributed by atoms with Gasteiger partial charge in [0, 0.05) is 44.6 Å². The summed E-state index contributed by atoms with van der Waals surface area (Å²) < 4.78 is 1.65. The molecule has 1 saturated carbocycles. The number of rotatable bonds is 4. The van der Waals surface area contributed by atoms with Crippen LogP contribution in [0.1, 0.15) is 25.7 Å². The number of fused-ring (bicyclic) bond motifs is 1. The Morgan fingerprint density at radius 1 is 1.04 bits per heavy atom. The van der Waals surface area contributed by atoms with Crippen molar-refractivity contribution in [3.63, 3.8) is 0 Å². The lowest BCUT2D eigenvalue weighted by Crippen LogP contribution is -2.47. The molecule has 0 aromatic carbocycles. The number of hydrogen-bond donors (Lipinski definition) is 0. The van der Waals surface area contributed by atoms with E-state index in [0.29, 0.717) is 29.1 Å². The lowest BCUT2D eigenvalue weighted by atomic mass is 10.0. The molecule has 2 aliphatic rings. The second-order valence-corrected chi connectivity index (χ2v) is 7.57. The summed E-state index contributed by atoms with van der Waals surface area (Å²) in [6, 6.07) is 6.61. The minimum absolute atomic E-state index is 0.0455. The normalized spacial score (nSPS) is 17.8. The molecule has 0 radical (unpaired) electrons. The Morgan fingerprint density at radius 2 is 1.82 bits per heavy atom. The van der Waals surface area contributed by atoms with E-state index >= 15 is 0 Å². The average molecular weight is 377 g/mol. The molecule has 0 N–H and O–H groups in total. The Bertz CT molecular complexity index is 1040. The fraction of sp³-hybridized carbons (Fsp3) is 0.450. The first-order valence-corrected chi connectivity index (χ1v) is 9.83. The van der Waals surface area contributed by atoms with Gasteiger partial charge in [-0.1, -0.05) is 0 Å². The lowest BCUT2D eigenvalue weighted by molar-refractivity contribution is 0.452. The van der Waals surface area contributed by atoms with Gasteiger partial charge in [0.1, 0.15) is 12.1 Å². The van der Waals surface area contributed by atoms with Crippen LogP contribution in [-0.2, 0) is 7.05 Å². The van der Waals surface area contributed by atoms with Gasteiger partial charge in [0.2, 0.25) is 5.95 Å². The van der Waals surface area contributed by atoms with E-state index in [1.54, 1.807) is 36.3 Å². The van der Waals surface area contributed by atoms with Crippen LogP contribution in [0, 0.1) is 0 Å². The standard InChI is InChI=1S/C20H23N7O/c1-25-19(28)16-3-2-9-22-18(16)24-20(25)26-11-7-15(8-12-26)27(14-4-5-14)17-6-10-21-13-23-17/h2-3,6,9-10,13-15H,4-5,7-8,11-12H2,1H3. The van der Waals surface area contributed by atoms with Crippen molar-refractivity contribution in [1.29, 1.82) is 0 Å². The van der Waals surface area contributed by atoms with Gasteiger partial charge in [0.25, 0.3) is 5.56 Å². The number of pyridine rings is 1. The molecule has 8 heteroatoms. The van der Waals surface area contributed by atoms with Gasteiger partial charge in [0.15, 0.2) is 5.65 Å². The van der Waals surface area contributed by atoms with E-state index < -0.39 is 0 Å². The molecule has 0 atom stereocenters. The predicted octanol–water partition coefficient (Wildman–Crippen LogP) is 1.76. The molecule has 2 fully saturated rings. The Balaban J connectivity index is 1.38. The van der Waals surface area contributed by atoms with Crippen LogP contribution in [0.5, 0.6) is 0 Å². The van der Waals surface area contributed by atoms with Crippen LogP contribution >= 0.6 is 0 Å². The van der Waals surface area contributed by atoms with Crippen LogP contribution < -0.4 is 15.4 Å². The summed E-state index contributed by atoms with van der Waals surface area (Å²) in [5.74, 6) is 1.73. The van der Waals surface area contributed by atoms with E-state index in [4.69, 9.17) is 0 Å². The van der Waals surface area contributed by atoms with Gasteiger partial charge >= 0.3 is 0 Å². The van der Waals surface area contributed by atoms with Gasteiger partial charge in [0.05, 0.1) is 5.39 Å². The largest absolute Gasteiger partial charge is 0.350 e. The Labute approximate surface area is 162 Å². The number of aromatic nitrogens is 5. The summed E-state index contributed by atoms with van der Waals surface area (Å²) in [4.78, 5) is 34.9. The van der Waals surface area contributed by atoms with Crippen LogP contribution in [0.25, 0.3) is 11.0 Å². The van der Waals surface area contributed by atoms with Crippen molar-refractivity contribution in [2.45, 2.75) is 37.8 Å². The monoisotopic (exact) mass is 377 g/mol. The summed E-state index contributed by atoms with van der Waals surface area (Å²) in [5, 5.41) is 0.562. The Hall–Kier alpha value is -3.03. The molecule has 8 nitrogen and oxygen atoms in total. The number of hydrogen-bond acceptors (Lipinski definition) is 7. The molecule has 1 aliphatic heterocycles. The van der Waals surface area contributed by atoms with Gasteiger partial charge in [-0.05, 0) is 43.9 Å². The van der Waals surface area contributed by atoms with Crippen LogP contribution in [0.3, 0.4) is 0 Å². The first-order valence-electron chi connectivity index (χ1n) is 9.83. The maximum Gasteiger partial charge on any atom is 0.264 e. The molecule has 1 aliphatic carbocycles. The third kappa shape index (κ3) is 2.98. The van der Waals surface area contributed by atoms with Crippen molar-refractivity contribution in [2.75, 3.05) is 22.9 Å². The highest BCUT2D eigenvalue weighted by molar-refractivity contribution is 5.74. The van der Waals surface area contributed by atoms with Crippen LogP contribution in [-0.4, -0.2) is 49.7 Å². The average Bonchev–Trinajstić information content (AvgIpc) is 3.57. The number of piperidine rings is 1. The lowest BCUT2D eigenvalue weighted by Gasteiger charge is -2.40. The topological polar surface area (TPSA) is 80.0 Å². The van der Waals surface area contributed by atoms with Gasteiger partial charge in [-0.25, -0.2) is 15.0 Å². The molecule has 0 amide bonds. The summed E-state index contributed by atoms with van der Waals surface area (Å²) in [6.45, 7) is 1.72. The van der Waals surface area contributed by atoms with E-state index in [1.165, 1.54) is 12.8 Å². The van der Waals surface area contributed by atoms with Crippen molar-refractivity contribution in [2.24, 2.45) is 7.05 Å². The molecule has 4 heterocycles. The number of anilines is 2. The molecule has 5 rings (SSSR count). The van der Waals surface area contributed by atoms with Crippen molar-refractivity contribution >= 4 is 22.8 Å². The molecule has 0 bridgehead atoms. The van der Waals surface area contributed by atoms with Crippen LogP contribution in [0.15, 0.2) is 41.7 Å². The minimum Gasteiger partial charge on any atom is -0.350 e. The van der Waals surface area contributed by atoms with E-state index in [1.807, 2.05) is 12.3 Å². The molecule has 0 spiro atoms. The molecule has 0 unspecified atom stereocenters. The Morgan fingerprint density at radius 3 is 2.54 bits per heavy atom. The minimum atomic E-state index is -0.0455. The van der Waals surface area contributed by atoms with Gasteiger partial charge in [-0.15, -0.1) is 0 Å². The van der Waals surface area contributed by atoms with Gasteiger partial charge < -0.3 is 9.80 Å². The highest BCUT2D eigenvalue weighted by Gasteiger charge is 2.36.